The van der Waals surface area contributed by atoms with E-state index < -0.39 is 0 Å². The van der Waals surface area contributed by atoms with Crippen molar-refractivity contribution in [3.05, 3.63) is 64.8 Å². The van der Waals surface area contributed by atoms with Gasteiger partial charge >= 0.3 is 0 Å². The molecule has 148 valence electrons. The summed E-state index contributed by atoms with van der Waals surface area (Å²) in [6.45, 7) is 7.26. The molecule has 1 N–H and O–H groups in total. The van der Waals surface area contributed by atoms with E-state index in [2.05, 4.69) is 32.3 Å². The fourth-order valence-corrected chi connectivity index (χ4v) is 4.76. The van der Waals surface area contributed by atoms with Crippen LogP contribution in [0.15, 0.2) is 59.0 Å². The summed E-state index contributed by atoms with van der Waals surface area (Å²) >= 11 is 0. The van der Waals surface area contributed by atoms with E-state index in [0.717, 1.165) is 30.8 Å². The van der Waals surface area contributed by atoms with Crippen molar-refractivity contribution in [1.82, 2.24) is 10.3 Å². The first-order chi connectivity index (χ1) is 13.4. The lowest BCUT2D eigenvalue weighted by atomic mass is 9.80. The number of nitrogens with one attached hydrogen (secondary N) is 1. The Bertz CT molecular complexity index is 882. The van der Waals surface area contributed by atoms with Gasteiger partial charge in [-0.15, -0.1) is 0 Å². The van der Waals surface area contributed by atoms with Gasteiger partial charge in [0.25, 0.3) is 0 Å². The molecule has 4 nitrogen and oxygen atoms in total. The highest BCUT2D eigenvalue weighted by molar-refractivity contribution is 5.84. The van der Waals surface area contributed by atoms with Crippen molar-refractivity contribution >= 4 is 11.6 Å². The molecule has 2 atom stereocenters. The summed E-state index contributed by atoms with van der Waals surface area (Å²) in [4.78, 5) is 15.0. The average Bonchev–Trinajstić information content (AvgIpc) is 3.26. The van der Waals surface area contributed by atoms with Crippen LogP contribution in [0.3, 0.4) is 0 Å². The van der Waals surface area contributed by atoms with Gasteiger partial charge in [-0.2, -0.15) is 0 Å². The second-order valence-electron chi connectivity index (χ2n) is 8.48. The third-order valence-electron chi connectivity index (χ3n) is 5.98. The van der Waals surface area contributed by atoms with Crippen LogP contribution < -0.4 is 10.4 Å². The number of hydrogen-bond acceptors (Lipinski definition) is 3. The summed E-state index contributed by atoms with van der Waals surface area (Å²) in [7, 11) is 1.92. The Morgan fingerprint density at radius 1 is 1.32 bits per heavy atom. The number of halogens is 1. The summed E-state index contributed by atoms with van der Waals surface area (Å²) in [5.41, 5.74) is 9.05. The molecule has 0 bridgehead atoms. The van der Waals surface area contributed by atoms with E-state index in [1.165, 1.54) is 28.9 Å². The summed E-state index contributed by atoms with van der Waals surface area (Å²) in [6, 6.07) is 6.50. The Morgan fingerprint density at radius 2 is 2.04 bits per heavy atom. The molecule has 2 aliphatic carbocycles. The molecule has 0 unspecified atom stereocenters. The van der Waals surface area contributed by atoms with E-state index in [4.69, 9.17) is 0 Å². The van der Waals surface area contributed by atoms with E-state index in [9.17, 15) is 9.18 Å². The van der Waals surface area contributed by atoms with Crippen molar-refractivity contribution < 1.29 is 9.18 Å². The van der Waals surface area contributed by atoms with Crippen molar-refractivity contribution in [2.45, 2.75) is 33.6 Å². The van der Waals surface area contributed by atoms with Crippen LogP contribution in [0.5, 0.6) is 0 Å². The molecule has 5 heteroatoms. The highest BCUT2D eigenvalue weighted by Gasteiger charge is 2.41. The zero-order chi connectivity index (χ0) is 20.0. The number of carbonyl (C=O) groups excluding carboxylic acids is 1. The fraction of sp³-hybridized carbons (Fsp3) is 0.435. The zero-order valence-corrected chi connectivity index (χ0v) is 17.0. The smallest absolute Gasteiger partial charge is 0.229 e. The summed E-state index contributed by atoms with van der Waals surface area (Å²) in [6.07, 6.45) is 6.04. The van der Waals surface area contributed by atoms with E-state index in [1.807, 2.05) is 23.2 Å². The number of fused-ring (bicyclic) bond motifs is 1. The topological polar surface area (TPSA) is 35.6 Å². The standard InChI is InChI=1S/C23H28FN3O/c1-14(2)13-26(4)23(28)19-10-5-16-11-21-20(15(3)22(16)19)12-25-27(21)18-8-6-17(24)7-9-18/h6-9,11-12,14-15,19,25H,5,10,13H2,1-4H3/t15-,19-/m0/s1. The Balaban J connectivity index is 1.63. The number of nitrogens with zero attached hydrogens (tertiary/aromatic N) is 2. The van der Waals surface area contributed by atoms with Crippen LogP contribution in [0.25, 0.3) is 0 Å². The number of hydrogen-bond donors (Lipinski definition) is 1. The third-order valence-corrected chi connectivity index (χ3v) is 5.98. The van der Waals surface area contributed by atoms with Gasteiger partial charge in [0.2, 0.25) is 5.91 Å². The van der Waals surface area contributed by atoms with Crippen LogP contribution >= 0.6 is 0 Å². The van der Waals surface area contributed by atoms with Crippen molar-refractivity contribution in [2.75, 3.05) is 18.6 Å². The molecule has 1 aromatic rings. The summed E-state index contributed by atoms with van der Waals surface area (Å²) in [5.74, 6) is 0.633. The second kappa shape index (κ2) is 7.12. The number of amides is 1. The van der Waals surface area contributed by atoms with Gasteiger partial charge in [-0.3, -0.25) is 9.80 Å². The van der Waals surface area contributed by atoms with Gasteiger partial charge in [-0.1, -0.05) is 20.8 Å². The number of benzene rings is 1. The number of carbonyl (C=O) groups is 1. The molecule has 1 heterocycles. The van der Waals surface area contributed by atoms with Crippen molar-refractivity contribution in [3.8, 4) is 0 Å². The normalized spacial score (nSPS) is 23.3. The molecule has 0 saturated carbocycles. The van der Waals surface area contributed by atoms with Crippen molar-refractivity contribution in [1.29, 1.82) is 0 Å². The second-order valence-corrected chi connectivity index (χ2v) is 8.48. The average molecular weight is 381 g/mol. The SMILES string of the molecule is CC(C)CN(C)C(=O)[C@H]1CCC2=C1[C@@H](C)C1=CNN(c3ccc(F)cc3)C1=C2. The maximum Gasteiger partial charge on any atom is 0.229 e. The van der Waals surface area contributed by atoms with Gasteiger partial charge in [0, 0.05) is 31.3 Å². The zero-order valence-electron chi connectivity index (χ0n) is 17.0. The van der Waals surface area contributed by atoms with Gasteiger partial charge in [0.05, 0.1) is 17.3 Å². The van der Waals surface area contributed by atoms with Crippen LogP contribution in [-0.2, 0) is 4.79 Å². The van der Waals surface area contributed by atoms with Crippen LogP contribution in [-0.4, -0.2) is 24.4 Å². The van der Waals surface area contributed by atoms with Gasteiger partial charge in [0.1, 0.15) is 5.82 Å². The molecule has 4 rings (SSSR count). The lowest BCUT2D eigenvalue weighted by Gasteiger charge is -2.31. The van der Waals surface area contributed by atoms with Crippen LogP contribution in [0.4, 0.5) is 10.1 Å². The Morgan fingerprint density at radius 3 is 2.71 bits per heavy atom. The third kappa shape index (κ3) is 3.13. The van der Waals surface area contributed by atoms with E-state index >= 15 is 0 Å². The van der Waals surface area contributed by atoms with Gasteiger partial charge in [0.15, 0.2) is 0 Å². The maximum atomic E-state index is 13.3. The molecule has 1 aliphatic heterocycles. The highest BCUT2D eigenvalue weighted by atomic mass is 19.1. The fourth-order valence-electron chi connectivity index (χ4n) is 4.76. The molecule has 0 aromatic heterocycles. The minimum atomic E-state index is -0.241. The molecule has 0 radical (unpaired) electrons. The molecule has 0 spiro atoms. The predicted molar refractivity (Wildman–Crippen MR) is 110 cm³/mol. The molecular weight excluding hydrogens is 353 g/mol. The number of anilines is 1. The maximum absolute atomic E-state index is 13.3. The monoisotopic (exact) mass is 381 g/mol. The molecule has 3 aliphatic rings. The van der Waals surface area contributed by atoms with Gasteiger partial charge in [-0.05, 0) is 60.2 Å². The van der Waals surface area contributed by atoms with Crippen LogP contribution in [0, 0.1) is 23.6 Å². The Kier molecular flexibility index (Phi) is 4.77. The molecular formula is C23H28FN3O. The lowest BCUT2D eigenvalue weighted by Crippen LogP contribution is -2.36. The minimum Gasteiger partial charge on any atom is -0.345 e. The molecule has 0 saturated heterocycles. The van der Waals surface area contributed by atoms with Crippen molar-refractivity contribution in [2.24, 2.45) is 17.8 Å². The Labute approximate surface area is 166 Å². The first-order valence-corrected chi connectivity index (χ1v) is 10.1. The summed E-state index contributed by atoms with van der Waals surface area (Å²) < 4.78 is 13.3. The molecule has 1 amide bonds. The number of hydrazine groups is 1. The highest BCUT2D eigenvalue weighted by Crippen LogP contribution is 2.48. The van der Waals surface area contributed by atoms with Crippen LogP contribution in [0.2, 0.25) is 0 Å². The summed E-state index contributed by atoms with van der Waals surface area (Å²) in [5, 5.41) is 2.00. The van der Waals surface area contributed by atoms with Gasteiger partial charge in [-0.25, -0.2) is 4.39 Å². The van der Waals surface area contributed by atoms with Gasteiger partial charge < -0.3 is 10.3 Å². The predicted octanol–water partition coefficient (Wildman–Crippen LogP) is 4.39. The van der Waals surface area contributed by atoms with E-state index in [-0.39, 0.29) is 23.6 Å². The van der Waals surface area contributed by atoms with E-state index in [1.54, 1.807) is 12.1 Å². The first-order valence-electron chi connectivity index (χ1n) is 10.1. The lowest BCUT2D eigenvalue weighted by molar-refractivity contribution is -0.133. The van der Waals surface area contributed by atoms with Crippen LogP contribution in [0.1, 0.15) is 33.6 Å². The largest absolute Gasteiger partial charge is 0.345 e. The molecule has 28 heavy (non-hydrogen) atoms. The van der Waals surface area contributed by atoms with Crippen molar-refractivity contribution in [3.63, 3.8) is 0 Å². The molecule has 1 aromatic carbocycles. The first kappa shape index (κ1) is 18.8. The number of allylic oxidation sites excluding steroid dienone is 3. The molecule has 0 fully saturated rings. The quantitative estimate of drug-likeness (QED) is 0.840. The van der Waals surface area contributed by atoms with E-state index in [0.29, 0.717) is 5.92 Å². The minimum absolute atomic E-state index is 0.0210. The Hall–Kier alpha value is -2.56. The number of rotatable bonds is 4.